The average Bonchev–Trinajstić information content (AvgIpc) is 3.10. The first-order valence-electron chi connectivity index (χ1n) is 7.48. The predicted molar refractivity (Wildman–Crippen MR) is 87.6 cm³/mol. The Morgan fingerprint density at radius 1 is 1.17 bits per heavy atom. The number of aromatic nitrogens is 1. The molecule has 0 bridgehead atoms. The van der Waals surface area contributed by atoms with Crippen molar-refractivity contribution in [3.05, 3.63) is 46.4 Å². The molecule has 2 aromatic rings. The first-order valence-corrected chi connectivity index (χ1v) is 8.36. The molecule has 0 N–H and O–H groups in total. The van der Waals surface area contributed by atoms with Crippen molar-refractivity contribution >= 4 is 11.3 Å². The van der Waals surface area contributed by atoms with Crippen LogP contribution in [-0.4, -0.2) is 31.1 Å². The second kappa shape index (κ2) is 6.57. The van der Waals surface area contributed by atoms with E-state index in [0.717, 1.165) is 16.3 Å². The fraction of sp³-hybridized carbons (Fsp3) is 0.471. The molecule has 1 aromatic carbocycles. The van der Waals surface area contributed by atoms with Crippen molar-refractivity contribution in [2.24, 2.45) is 0 Å². The summed E-state index contributed by atoms with van der Waals surface area (Å²) in [7, 11) is 1.65. The molecular formula is C17H21NO4S. The standard InChI is InChI=1S/C17H21NO4S/c1-16(2)21-11-17(12-22-16,15-18-8-9-23-15)20-10-13-4-6-14(19-3)7-5-13/h4-9H,10-12H2,1-3H3. The maximum absolute atomic E-state index is 6.22. The van der Waals surface area contributed by atoms with Crippen molar-refractivity contribution in [3.8, 4) is 5.75 Å². The van der Waals surface area contributed by atoms with Crippen molar-refractivity contribution in [1.82, 2.24) is 4.98 Å². The maximum Gasteiger partial charge on any atom is 0.166 e. The van der Waals surface area contributed by atoms with Gasteiger partial charge in [0.05, 0.1) is 26.9 Å². The van der Waals surface area contributed by atoms with Gasteiger partial charge in [0.2, 0.25) is 0 Å². The van der Waals surface area contributed by atoms with Crippen molar-refractivity contribution in [1.29, 1.82) is 0 Å². The molecular weight excluding hydrogens is 314 g/mol. The second-order valence-electron chi connectivity index (χ2n) is 5.95. The zero-order valence-corrected chi connectivity index (χ0v) is 14.4. The highest BCUT2D eigenvalue weighted by atomic mass is 32.1. The minimum absolute atomic E-state index is 0.420. The SMILES string of the molecule is COc1ccc(COC2(c3nccs3)COC(C)(C)OC2)cc1. The first kappa shape index (κ1) is 16.4. The number of ether oxygens (including phenoxy) is 4. The number of benzene rings is 1. The molecule has 23 heavy (non-hydrogen) atoms. The Balaban J connectivity index is 1.74. The third kappa shape index (κ3) is 3.72. The fourth-order valence-electron chi connectivity index (χ4n) is 2.32. The summed E-state index contributed by atoms with van der Waals surface area (Å²) < 4.78 is 23.1. The van der Waals surface area contributed by atoms with Gasteiger partial charge in [0.1, 0.15) is 10.8 Å². The molecule has 0 amide bonds. The van der Waals surface area contributed by atoms with Gasteiger partial charge in [-0.3, -0.25) is 0 Å². The molecule has 1 aromatic heterocycles. The largest absolute Gasteiger partial charge is 0.497 e. The van der Waals surface area contributed by atoms with Gasteiger partial charge in [0.25, 0.3) is 0 Å². The van der Waals surface area contributed by atoms with E-state index in [1.807, 2.05) is 43.5 Å². The number of rotatable bonds is 5. The first-order chi connectivity index (χ1) is 11.0. The smallest absolute Gasteiger partial charge is 0.166 e. The van der Waals surface area contributed by atoms with Crippen LogP contribution in [0, 0.1) is 0 Å². The van der Waals surface area contributed by atoms with Crippen LogP contribution in [0.3, 0.4) is 0 Å². The highest BCUT2D eigenvalue weighted by Crippen LogP contribution is 2.36. The molecule has 6 heteroatoms. The summed E-state index contributed by atoms with van der Waals surface area (Å²) in [5.74, 6) is 0.235. The minimum atomic E-state index is -0.663. The summed E-state index contributed by atoms with van der Waals surface area (Å²) >= 11 is 1.55. The molecule has 0 radical (unpaired) electrons. The van der Waals surface area contributed by atoms with E-state index in [9.17, 15) is 0 Å². The second-order valence-corrected chi connectivity index (χ2v) is 6.84. The lowest BCUT2D eigenvalue weighted by atomic mass is 10.1. The van der Waals surface area contributed by atoms with Gasteiger partial charge in [0, 0.05) is 11.6 Å². The Morgan fingerprint density at radius 2 is 1.87 bits per heavy atom. The Labute approximate surface area is 140 Å². The molecule has 0 aliphatic carbocycles. The number of thiazole rings is 1. The Bertz CT molecular complexity index is 615. The third-order valence-corrected chi connectivity index (χ3v) is 4.76. The van der Waals surface area contributed by atoms with E-state index < -0.39 is 11.4 Å². The van der Waals surface area contributed by atoms with Gasteiger partial charge in [-0.1, -0.05) is 12.1 Å². The molecule has 124 valence electrons. The van der Waals surface area contributed by atoms with Gasteiger partial charge in [-0.15, -0.1) is 11.3 Å². The van der Waals surface area contributed by atoms with Gasteiger partial charge < -0.3 is 18.9 Å². The quantitative estimate of drug-likeness (QED) is 0.839. The van der Waals surface area contributed by atoms with E-state index in [4.69, 9.17) is 18.9 Å². The van der Waals surface area contributed by atoms with Crippen LogP contribution < -0.4 is 4.74 Å². The minimum Gasteiger partial charge on any atom is -0.497 e. The third-order valence-electron chi connectivity index (χ3n) is 3.80. The lowest BCUT2D eigenvalue weighted by Gasteiger charge is -2.42. The van der Waals surface area contributed by atoms with Gasteiger partial charge in [0.15, 0.2) is 11.4 Å². The number of hydrogen-bond donors (Lipinski definition) is 0. The molecule has 1 aliphatic rings. The summed E-state index contributed by atoms with van der Waals surface area (Å²) in [5, 5.41) is 2.81. The van der Waals surface area contributed by atoms with Crippen molar-refractivity contribution in [2.45, 2.75) is 31.8 Å². The Kier molecular flexibility index (Phi) is 4.68. The van der Waals surface area contributed by atoms with Crippen LogP contribution in [-0.2, 0) is 26.4 Å². The Morgan fingerprint density at radius 3 is 2.43 bits per heavy atom. The van der Waals surface area contributed by atoms with Crippen LogP contribution in [0.2, 0.25) is 0 Å². The van der Waals surface area contributed by atoms with Gasteiger partial charge in [-0.05, 0) is 31.5 Å². The molecule has 1 saturated heterocycles. The molecule has 1 fully saturated rings. The van der Waals surface area contributed by atoms with Gasteiger partial charge in [-0.2, -0.15) is 0 Å². The van der Waals surface area contributed by atoms with Crippen molar-refractivity contribution in [2.75, 3.05) is 20.3 Å². The highest BCUT2D eigenvalue weighted by Gasteiger charge is 2.44. The van der Waals surface area contributed by atoms with E-state index in [2.05, 4.69) is 4.98 Å². The number of hydrogen-bond acceptors (Lipinski definition) is 6. The van der Waals surface area contributed by atoms with Crippen molar-refractivity contribution in [3.63, 3.8) is 0 Å². The van der Waals surface area contributed by atoms with Crippen LogP contribution in [0.4, 0.5) is 0 Å². The van der Waals surface area contributed by atoms with E-state index in [1.54, 1.807) is 24.6 Å². The lowest BCUT2D eigenvalue weighted by molar-refractivity contribution is -0.316. The van der Waals surface area contributed by atoms with E-state index in [0.29, 0.717) is 19.8 Å². The molecule has 2 heterocycles. The van der Waals surface area contributed by atoms with E-state index in [-0.39, 0.29) is 0 Å². The zero-order valence-electron chi connectivity index (χ0n) is 13.6. The van der Waals surface area contributed by atoms with Crippen LogP contribution in [0.5, 0.6) is 5.75 Å². The predicted octanol–water partition coefficient (Wildman–Crippen LogP) is 3.35. The summed E-state index contributed by atoms with van der Waals surface area (Å²) in [6.45, 7) is 5.11. The molecule has 5 nitrogen and oxygen atoms in total. The topological polar surface area (TPSA) is 49.8 Å². The number of methoxy groups -OCH3 is 1. The molecule has 0 saturated carbocycles. The lowest BCUT2D eigenvalue weighted by Crippen LogP contribution is -2.50. The summed E-state index contributed by atoms with van der Waals surface area (Å²) in [4.78, 5) is 4.41. The summed E-state index contributed by atoms with van der Waals surface area (Å²) in [6.07, 6.45) is 1.78. The van der Waals surface area contributed by atoms with Gasteiger partial charge in [-0.25, -0.2) is 4.98 Å². The van der Waals surface area contributed by atoms with Crippen LogP contribution in [0.25, 0.3) is 0 Å². The summed E-state index contributed by atoms with van der Waals surface area (Å²) in [6, 6.07) is 7.82. The zero-order chi connectivity index (χ0) is 16.3. The van der Waals surface area contributed by atoms with Gasteiger partial charge >= 0.3 is 0 Å². The monoisotopic (exact) mass is 335 g/mol. The van der Waals surface area contributed by atoms with Crippen LogP contribution in [0.15, 0.2) is 35.8 Å². The maximum atomic E-state index is 6.22. The molecule has 0 unspecified atom stereocenters. The summed E-state index contributed by atoms with van der Waals surface area (Å²) in [5.41, 5.74) is 0.399. The number of nitrogens with zero attached hydrogens (tertiary/aromatic N) is 1. The van der Waals surface area contributed by atoms with Crippen LogP contribution >= 0.6 is 11.3 Å². The fourth-order valence-corrected chi connectivity index (χ4v) is 3.09. The molecule has 0 atom stereocenters. The molecule has 0 spiro atoms. The average molecular weight is 335 g/mol. The molecule has 1 aliphatic heterocycles. The Hall–Kier alpha value is -1.47. The normalized spacial score (nSPS) is 19.4. The highest BCUT2D eigenvalue weighted by molar-refractivity contribution is 7.09. The van der Waals surface area contributed by atoms with Crippen molar-refractivity contribution < 1.29 is 18.9 Å². The molecule has 3 rings (SSSR count). The van der Waals surface area contributed by atoms with Crippen LogP contribution in [0.1, 0.15) is 24.4 Å². The van der Waals surface area contributed by atoms with E-state index in [1.165, 1.54) is 0 Å². The van der Waals surface area contributed by atoms with E-state index >= 15 is 0 Å².